The summed E-state index contributed by atoms with van der Waals surface area (Å²) in [6.07, 6.45) is -3.41. The highest BCUT2D eigenvalue weighted by molar-refractivity contribution is 5.91. The minimum Gasteiger partial charge on any atom is -0.463 e. The van der Waals surface area contributed by atoms with Crippen LogP contribution in [-0.2, 0) is 26.8 Å². The number of ether oxygens (including phenoxy) is 3. The minimum atomic E-state index is -4.21. The van der Waals surface area contributed by atoms with Crippen molar-refractivity contribution in [2.24, 2.45) is 0 Å². The average molecular weight is 709 g/mol. The molecule has 3 aromatic rings. The summed E-state index contributed by atoms with van der Waals surface area (Å²) in [4.78, 5) is 44.4. The molecule has 3 aromatic carbocycles. The van der Waals surface area contributed by atoms with E-state index < -0.39 is 57.4 Å². The quantitative estimate of drug-likeness (QED) is 0.0297. The number of hydrogen-bond acceptors (Lipinski definition) is 9. The monoisotopic (exact) mass is 708 g/mol. The standard InChI is InChI=1S/C34H33F5N2O9/c35-33(36,37)18-4-3-7-24-10-15-30(16-11-24)50-34(38,39)27-13-8-25(9-14-27)12-17-31(42)48-19-5-1-2-6-20-49-32(43)26-21-28(40(44)45)23-29(22-26)41(46)47/h8-17,21-23H,1-7,18-20H2/b17-12+. The van der Waals surface area contributed by atoms with Crippen LogP contribution in [0, 0.1) is 20.2 Å². The Hall–Kier alpha value is -5.41. The van der Waals surface area contributed by atoms with Crippen molar-refractivity contribution in [1.29, 1.82) is 0 Å². The summed E-state index contributed by atoms with van der Waals surface area (Å²) in [7, 11) is 0. The Morgan fingerprint density at radius 3 is 1.86 bits per heavy atom. The van der Waals surface area contributed by atoms with Gasteiger partial charge in [-0.1, -0.05) is 24.3 Å². The SMILES string of the molecule is O=C(/C=C/c1ccc(C(F)(F)Oc2ccc(CCCCC(F)(F)F)cc2)cc1)OCCCCCCOC(=O)c1cc([N+](=O)[O-])cc([N+](=O)[O-])c1. The first kappa shape index (κ1) is 39.0. The van der Waals surface area contributed by atoms with Gasteiger partial charge in [0.05, 0.1) is 40.3 Å². The lowest BCUT2D eigenvalue weighted by Crippen LogP contribution is -2.21. The van der Waals surface area contributed by atoms with E-state index >= 15 is 0 Å². The number of hydrogen-bond donors (Lipinski definition) is 0. The fraction of sp³-hybridized carbons (Fsp3) is 0.353. The van der Waals surface area contributed by atoms with E-state index in [9.17, 15) is 51.8 Å². The number of rotatable bonds is 19. The molecule has 0 aliphatic heterocycles. The van der Waals surface area contributed by atoms with Crippen molar-refractivity contribution in [2.45, 2.75) is 63.7 Å². The van der Waals surface area contributed by atoms with E-state index in [4.69, 9.17) is 14.2 Å². The Kier molecular flexibility index (Phi) is 14.3. The first-order valence-electron chi connectivity index (χ1n) is 15.4. The molecule has 0 saturated heterocycles. The average Bonchev–Trinajstić information content (AvgIpc) is 3.06. The fourth-order valence-electron chi connectivity index (χ4n) is 4.49. The molecule has 0 atom stereocenters. The molecule has 0 radical (unpaired) electrons. The molecule has 0 fully saturated rings. The molecular weight excluding hydrogens is 675 g/mol. The van der Waals surface area contributed by atoms with Crippen molar-refractivity contribution in [3.63, 3.8) is 0 Å². The van der Waals surface area contributed by atoms with E-state index in [1.165, 1.54) is 42.5 Å². The van der Waals surface area contributed by atoms with Crippen LogP contribution in [-0.4, -0.2) is 41.2 Å². The van der Waals surface area contributed by atoms with Crippen molar-refractivity contribution < 1.29 is 55.6 Å². The van der Waals surface area contributed by atoms with Crippen LogP contribution in [0.4, 0.5) is 33.3 Å². The maximum atomic E-state index is 14.7. The van der Waals surface area contributed by atoms with Crippen molar-refractivity contribution in [1.82, 2.24) is 0 Å². The smallest absolute Gasteiger partial charge is 0.426 e. The summed E-state index contributed by atoms with van der Waals surface area (Å²) in [6.45, 7) is 0.0724. The number of carbonyl (C=O) groups is 2. The first-order valence-corrected chi connectivity index (χ1v) is 15.4. The highest BCUT2D eigenvalue weighted by atomic mass is 19.4. The van der Waals surface area contributed by atoms with Gasteiger partial charge in [0, 0.05) is 24.6 Å². The predicted molar refractivity (Wildman–Crippen MR) is 170 cm³/mol. The third kappa shape index (κ3) is 13.6. The van der Waals surface area contributed by atoms with Crippen LogP contribution in [0.15, 0.2) is 72.8 Å². The lowest BCUT2D eigenvalue weighted by atomic mass is 10.1. The molecule has 50 heavy (non-hydrogen) atoms. The number of nitrogens with zero attached hydrogens (tertiary/aromatic N) is 2. The number of alkyl halides is 5. The number of nitro groups is 2. The summed E-state index contributed by atoms with van der Waals surface area (Å²) in [5, 5.41) is 21.9. The lowest BCUT2D eigenvalue weighted by Gasteiger charge is -2.18. The van der Waals surface area contributed by atoms with Crippen LogP contribution in [0.5, 0.6) is 5.75 Å². The second kappa shape index (κ2) is 18.4. The fourth-order valence-corrected chi connectivity index (χ4v) is 4.49. The van der Waals surface area contributed by atoms with Crippen molar-refractivity contribution >= 4 is 29.4 Å². The number of nitro benzene ring substituents is 2. The van der Waals surface area contributed by atoms with E-state index in [0.29, 0.717) is 49.7 Å². The topological polar surface area (TPSA) is 148 Å². The van der Waals surface area contributed by atoms with Gasteiger partial charge in [-0.25, -0.2) is 9.59 Å². The third-order valence-electron chi connectivity index (χ3n) is 7.08. The highest BCUT2D eigenvalue weighted by Gasteiger charge is 2.34. The van der Waals surface area contributed by atoms with Gasteiger partial charge in [-0.05, 0) is 86.4 Å². The largest absolute Gasteiger partial charge is 0.463 e. The van der Waals surface area contributed by atoms with Crippen LogP contribution >= 0.6 is 0 Å². The number of halogens is 5. The second-order valence-electron chi connectivity index (χ2n) is 11.0. The molecular formula is C34H33F5N2O9. The highest BCUT2D eigenvalue weighted by Crippen LogP contribution is 2.32. The summed E-state index contributed by atoms with van der Waals surface area (Å²) in [5.74, 6) is -1.69. The van der Waals surface area contributed by atoms with Crippen LogP contribution in [0.2, 0.25) is 0 Å². The van der Waals surface area contributed by atoms with E-state index in [1.807, 2.05) is 0 Å². The molecule has 0 N–H and O–H groups in total. The van der Waals surface area contributed by atoms with Gasteiger partial charge in [-0.15, -0.1) is 0 Å². The van der Waals surface area contributed by atoms with Gasteiger partial charge in [-0.2, -0.15) is 22.0 Å². The van der Waals surface area contributed by atoms with E-state index in [-0.39, 0.29) is 30.9 Å². The molecule has 0 heterocycles. The van der Waals surface area contributed by atoms with E-state index in [1.54, 1.807) is 0 Å². The van der Waals surface area contributed by atoms with Gasteiger partial charge in [0.2, 0.25) is 0 Å². The van der Waals surface area contributed by atoms with E-state index in [2.05, 4.69) is 0 Å². The summed E-state index contributed by atoms with van der Waals surface area (Å²) in [5.41, 5.74) is -0.807. The maximum absolute atomic E-state index is 14.7. The molecule has 0 spiro atoms. The number of carbonyl (C=O) groups excluding carboxylic acids is 2. The van der Waals surface area contributed by atoms with Gasteiger partial charge in [-0.3, -0.25) is 20.2 Å². The summed E-state index contributed by atoms with van der Waals surface area (Å²) < 4.78 is 81.2. The molecule has 0 aliphatic carbocycles. The Morgan fingerprint density at radius 1 is 0.720 bits per heavy atom. The van der Waals surface area contributed by atoms with Crippen LogP contribution < -0.4 is 4.74 Å². The van der Waals surface area contributed by atoms with Crippen molar-refractivity contribution in [2.75, 3.05) is 13.2 Å². The maximum Gasteiger partial charge on any atom is 0.426 e. The third-order valence-corrected chi connectivity index (χ3v) is 7.08. The van der Waals surface area contributed by atoms with Gasteiger partial charge in [0.1, 0.15) is 5.75 Å². The molecule has 16 heteroatoms. The second-order valence-corrected chi connectivity index (χ2v) is 11.0. The van der Waals surface area contributed by atoms with Crippen LogP contribution in [0.1, 0.15) is 72.0 Å². The van der Waals surface area contributed by atoms with Crippen molar-refractivity contribution in [3.05, 3.63) is 115 Å². The normalized spacial score (nSPS) is 11.7. The van der Waals surface area contributed by atoms with Gasteiger partial charge < -0.3 is 14.2 Å². The molecule has 0 saturated carbocycles. The number of aryl methyl sites for hydroxylation is 1. The Bertz CT molecular complexity index is 1610. The number of non-ortho nitro benzene ring substituents is 2. The Labute approximate surface area is 282 Å². The minimum absolute atomic E-state index is 0.0201. The Morgan fingerprint density at radius 2 is 1.30 bits per heavy atom. The molecule has 0 aliphatic rings. The predicted octanol–water partition coefficient (Wildman–Crippen LogP) is 8.88. The molecule has 0 aromatic heterocycles. The van der Waals surface area contributed by atoms with E-state index in [0.717, 1.165) is 36.4 Å². The lowest BCUT2D eigenvalue weighted by molar-refractivity contribution is -0.394. The molecule has 268 valence electrons. The van der Waals surface area contributed by atoms with Crippen LogP contribution in [0.25, 0.3) is 6.08 Å². The van der Waals surface area contributed by atoms with Crippen molar-refractivity contribution in [3.8, 4) is 5.75 Å². The Balaban J connectivity index is 1.33. The molecule has 11 nitrogen and oxygen atoms in total. The van der Waals surface area contributed by atoms with Gasteiger partial charge in [0.25, 0.3) is 11.4 Å². The molecule has 0 amide bonds. The van der Waals surface area contributed by atoms with Gasteiger partial charge in [0.15, 0.2) is 0 Å². The molecule has 3 rings (SSSR count). The summed E-state index contributed by atoms with van der Waals surface area (Å²) in [6, 6.07) is 13.3. The molecule has 0 unspecified atom stereocenters. The number of unbranched alkanes of at least 4 members (excludes halogenated alkanes) is 4. The molecule has 0 bridgehead atoms. The first-order chi connectivity index (χ1) is 23.6. The zero-order valence-corrected chi connectivity index (χ0v) is 26.5. The zero-order chi connectivity index (χ0) is 36.7. The zero-order valence-electron chi connectivity index (χ0n) is 26.5. The number of benzene rings is 3. The van der Waals surface area contributed by atoms with Crippen LogP contribution in [0.3, 0.4) is 0 Å². The number of esters is 2. The summed E-state index contributed by atoms with van der Waals surface area (Å²) >= 11 is 0. The van der Waals surface area contributed by atoms with Gasteiger partial charge >= 0.3 is 24.2 Å².